The van der Waals surface area contributed by atoms with E-state index < -0.39 is 0 Å². The highest BCUT2D eigenvalue weighted by Gasteiger charge is 2.10. The molecule has 0 radical (unpaired) electrons. The fourth-order valence-electron chi connectivity index (χ4n) is 1.21. The van der Waals surface area contributed by atoms with Crippen LogP contribution in [0.2, 0.25) is 5.15 Å². The third-order valence-corrected chi connectivity index (χ3v) is 3.13. The molecule has 6 heteroatoms. The van der Waals surface area contributed by atoms with Gasteiger partial charge in [0.05, 0.1) is 6.54 Å². The first kappa shape index (κ1) is 13.7. The molecule has 0 unspecified atom stereocenters. The van der Waals surface area contributed by atoms with E-state index in [1.165, 1.54) is 0 Å². The largest absolute Gasteiger partial charge is 0.359 e. The van der Waals surface area contributed by atoms with Crippen LogP contribution in [0, 0.1) is 13.8 Å². The summed E-state index contributed by atoms with van der Waals surface area (Å²) in [6.45, 7) is 6.59. The number of hydrogen-bond donors (Lipinski definition) is 1. The third-order valence-electron chi connectivity index (χ3n) is 2.77. The van der Waals surface area contributed by atoms with Crippen LogP contribution in [0.3, 0.4) is 0 Å². The lowest BCUT2D eigenvalue weighted by Gasteiger charge is -2.15. The molecule has 1 aromatic rings. The number of anilines is 1. The standard InChI is InChI=1S/C11H17ClN4O/c1-5-16(4)9(17)6-13-11-8(3)7(2)10(12)14-15-11/h5-6H2,1-4H3,(H,13,15). The minimum Gasteiger partial charge on any atom is -0.359 e. The summed E-state index contributed by atoms with van der Waals surface area (Å²) in [7, 11) is 1.76. The SMILES string of the molecule is CCN(C)C(=O)CNc1nnc(Cl)c(C)c1C. The van der Waals surface area contributed by atoms with Gasteiger partial charge in [-0.3, -0.25) is 4.79 Å². The van der Waals surface area contributed by atoms with Gasteiger partial charge in [0.15, 0.2) is 11.0 Å². The van der Waals surface area contributed by atoms with Crippen LogP contribution < -0.4 is 5.32 Å². The topological polar surface area (TPSA) is 58.1 Å². The van der Waals surface area contributed by atoms with Crippen LogP contribution in [0.5, 0.6) is 0 Å². The number of carbonyl (C=O) groups is 1. The molecule has 0 aromatic carbocycles. The lowest BCUT2D eigenvalue weighted by atomic mass is 10.2. The lowest BCUT2D eigenvalue weighted by molar-refractivity contribution is -0.127. The Morgan fingerprint density at radius 3 is 2.59 bits per heavy atom. The highest BCUT2D eigenvalue weighted by atomic mass is 35.5. The second kappa shape index (κ2) is 5.82. The summed E-state index contributed by atoms with van der Waals surface area (Å²) in [6, 6.07) is 0. The second-order valence-corrected chi connectivity index (χ2v) is 4.21. The fourth-order valence-corrected chi connectivity index (χ4v) is 1.39. The number of nitrogens with one attached hydrogen (secondary N) is 1. The number of rotatable bonds is 4. The molecular formula is C11H17ClN4O. The zero-order valence-electron chi connectivity index (χ0n) is 10.5. The molecule has 0 saturated carbocycles. The zero-order chi connectivity index (χ0) is 13.0. The Bertz CT molecular complexity index is 422. The first-order valence-corrected chi connectivity index (χ1v) is 5.82. The summed E-state index contributed by atoms with van der Waals surface area (Å²) in [6.07, 6.45) is 0. The molecule has 0 bridgehead atoms. The minimum atomic E-state index is 0.0151. The van der Waals surface area contributed by atoms with Gasteiger partial charge >= 0.3 is 0 Å². The predicted octanol–water partition coefficient (Wildman–Crippen LogP) is 1.64. The molecule has 0 atom stereocenters. The first-order chi connectivity index (χ1) is 7.97. The zero-order valence-corrected chi connectivity index (χ0v) is 11.3. The Labute approximate surface area is 106 Å². The average Bonchev–Trinajstić information content (AvgIpc) is 2.33. The maximum Gasteiger partial charge on any atom is 0.241 e. The van der Waals surface area contributed by atoms with E-state index in [4.69, 9.17) is 11.6 Å². The number of aromatic nitrogens is 2. The number of halogens is 1. The van der Waals surface area contributed by atoms with Crippen LogP contribution >= 0.6 is 11.6 Å². The van der Waals surface area contributed by atoms with Crippen molar-refractivity contribution in [2.45, 2.75) is 20.8 Å². The molecule has 1 rings (SSSR count). The first-order valence-electron chi connectivity index (χ1n) is 5.44. The van der Waals surface area contributed by atoms with Gasteiger partial charge in [-0.05, 0) is 31.9 Å². The van der Waals surface area contributed by atoms with E-state index in [1.807, 2.05) is 20.8 Å². The number of nitrogens with zero attached hydrogens (tertiary/aromatic N) is 3. The average molecular weight is 257 g/mol. The van der Waals surface area contributed by atoms with E-state index >= 15 is 0 Å². The normalized spacial score (nSPS) is 10.2. The van der Waals surface area contributed by atoms with Crippen LogP contribution in [0.25, 0.3) is 0 Å². The fraction of sp³-hybridized carbons (Fsp3) is 0.545. The molecule has 5 nitrogen and oxygen atoms in total. The third kappa shape index (κ3) is 3.30. The molecule has 0 aliphatic rings. The van der Waals surface area contributed by atoms with Crippen LogP contribution in [0.15, 0.2) is 0 Å². The number of hydrogen-bond acceptors (Lipinski definition) is 4. The molecule has 17 heavy (non-hydrogen) atoms. The molecule has 1 amide bonds. The molecular weight excluding hydrogens is 240 g/mol. The van der Waals surface area contributed by atoms with E-state index in [0.717, 1.165) is 11.1 Å². The van der Waals surface area contributed by atoms with Crippen molar-refractivity contribution in [3.63, 3.8) is 0 Å². The number of likely N-dealkylation sites (N-methyl/N-ethyl adjacent to an activating group) is 1. The van der Waals surface area contributed by atoms with Gasteiger partial charge in [-0.1, -0.05) is 11.6 Å². The van der Waals surface area contributed by atoms with Crippen LogP contribution in [-0.2, 0) is 4.79 Å². The van der Waals surface area contributed by atoms with Gasteiger partial charge in [0.1, 0.15) is 0 Å². The summed E-state index contributed by atoms with van der Waals surface area (Å²) in [4.78, 5) is 13.2. The summed E-state index contributed by atoms with van der Waals surface area (Å²) >= 11 is 5.84. The summed E-state index contributed by atoms with van der Waals surface area (Å²) in [5.41, 5.74) is 1.79. The van der Waals surface area contributed by atoms with Gasteiger partial charge < -0.3 is 10.2 Å². The smallest absolute Gasteiger partial charge is 0.241 e. The van der Waals surface area contributed by atoms with Crippen molar-refractivity contribution in [1.29, 1.82) is 0 Å². The summed E-state index contributed by atoms with van der Waals surface area (Å²) < 4.78 is 0. The van der Waals surface area contributed by atoms with Gasteiger partial charge in [0.2, 0.25) is 5.91 Å². The quantitative estimate of drug-likeness (QED) is 0.890. The minimum absolute atomic E-state index is 0.0151. The Morgan fingerprint density at radius 2 is 2.00 bits per heavy atom. The van der Waals surface area contributed by atoms with Gasteiger partial charge in [-0.15, -0.1) is 10.2 Å². The van der Waals surface area contributed by atoms with Crippen LogP contribution in [0.1, 0.15) is 18.1 Å². The van der Waals surface area contributed by atoms with Gasteiger partial charge in [-0.2, -0.15) is 0 Å². The maximum atomic E-state index is 11.6. The van der Waals surface area contributed by atoms with Crippen LogP contribution in [-0.4, -0.2) is 41.1 Å². The molecule has 1 heterocycles. The number of carbonyl (C=O) groups excluding carboxylic acids is 1. The van der Waals surface area contributed by atoms with Crippen molar-refractivity contribution in [3.05, 3.63) is 16.3 Å². The van der Waals surface area contributed by atoms with Crippen molar-refractivity contribution < 1.29 is 4.79 Å². The second-order valence-electron chi connectivity index (χ2n) is 3.85. The molecule has 1 N–H and O–H groups in total. The van der Waals surface area contributed by atoms with Gasteiger partial charge in [0.25, 0.3) is 0 Å². The Balaban J connectivity index is 2.71. The lowest BCUT2D eigenvalue weighted by Crippen LogP contribution is -2.32. The predicted molar refractivity (Wildman–Crippen MR) is 68.3 cm³/mol. The van der Waals surface area contributed by atoms with E-state index in [9.17, 15) is 4.79 Å². The highest BCUT2D eigenvalue weighted by molar-refractivity contribution is 6.30. The van der Waals surface area contributed by atoms with Gasteiger partial charge in [0, 0.05) is 13.6 Å². The molecule has 0 saturated heterocycles. The number of amides is 1. The van der Waals surface area contributed by atoms with Crippen molar-refractivity contribution in [2.75, 3.05) is 25.5 Å². The van der Waals surface area contributed by atoms with Crippen molar-refractivity contribution in [2.24, 2.45) is 0 Å². The molecule has 0 aliphatic heterocycles. The monoisotopic (exact) mass is 256 g/mol. The summed E-state index contributed by atoms with van der Waals surface area (Å²) in [5, 5.41) is 11.1. The maximum absolute atomic E-state index is 11.6. The van der Waals surface area contributed by atoms with Crippen molar-refractivity contribution >= 4 is 23.3 Å². The van der Waals surface area contributed by atoms with E-state index in [1.54, 1.807) is 11.9 Å². The molecule has 0 fully saturated rings. The van der Waals surface area contributed by atoms with Crippen molar-refractivity contribution in [1.82, 2.24) is 15.1 Å². The molecule has 94 valence electrons. The van der Waals surface area contributed by atoms with E-state index in [-0.39, 0.29) is 12.5 Å². The van der Waals surface area contributed by atoms with E-state index in [2.05, 4.69) is 15.5 Å². The molecule has 0 aliphatic carbocycles. The Morgan fingerprint density at radius 1 is 1.35 bits per heavy atom. The molecule has 0 spiro atoms. The Hall–Kier alpha value is -1.36. The summed E-state index contributed by atoms with van der Waals surface area (Å²) in [5.74, 6) is 0.617. The van der Waals surface area contributed by atoms with Crippen molar-refractivity contribution in [3.8, 4) is 0 Å². The van der Waals surface area contributed by atoms with Gasteiger partial charge in [-0.25, -0.2) is 0 Å². The Kier molecular flexibility index (Phi) is 4.69. The van der Waals surface area contributed by atoms with Crippen LogP contribution in [0.4, 0.5) is 5.82 Å². The van der Waals surface area contributed by atoms with E-state index in [0.29, 0.717) is 17.5 Å². The highest BCUT2D eigenvalue weighted by Crippen LogP contribution is 2.20. The molecule has 1 aromatic heterocycles.